The number of hydrogen-bond acceptors (Lipinski definition) is 6. The number of rotatable bonds is 5. The molecule has 2 N–H and O–H groups in total. The van der Waals surface area contributed by atoms with E-state index in [1.165, 1.54) is 31.3 Å². The Morgan fingerprint density at radius 1 is 1.13 bits per heavy atom. The third-order valence-electron chi connectivity index (χ3n) is 4.54. The van der Waals surface area contributed by atoms with E-state index in [4.69, 9.17) is 0 Å². The van der Waals surface area contributed by atoms with Gasteiger partial charge in [0.05, 0.1) is 43.7 Å². The maximum absolute atomic E-state index is 13.6. The Hall–Kier alpha value is -1.95. The molecule has 0 amide bonds. The molecule has 6 nitrogen and oxygen atoms in total. The van der Waals surface area contributed by atoms with Gasteiger partial charge in [-0.25, -0.2) is 13.4 Å². The van der Waals surface area contributed by atoms with Crippen molar-refractivity contribution in [3.05, 3.63) is 40.5 Å². The quantitative estimate of drug-likeness (QED) is 0.577. The molecule has 0 bridgehead atoms. The smallest absolute Gasteiger partial charge is 0.389 e. The molecule has 0 saturated heterocycles. The van der Waals surface area contributed by atoms with E-state index in [-0.39, 0.29) is 5.56 Å². The molecule has 0 unspecified atom stereocenters. The fourth-order valence-electron chi connectivity index (χ4n) is 3.29. The zero-order valence-corrected chi connectivity index (χ0v) is 19.2. The molecule has 0 aliphatic rings. The highest BCUT2D eigenvalue weighted by Crippen LogP contribution is 2.39. The number of aryl methyl sites for hydroxylation is 1. The summed E-state index contributed by atoms with van der Waals surface area (Å²) in [5.41, 5.74) is -2.99. The van der Waals surface area contributed by atoms with Crippen molar-refractivity contribution in [3.63, 3.8) is 0 Å². The van der Waals surface area contributed by atoms with Gasteiger partial charge in [-0.05, 0) is 46.8 Å². The van der Waals surface area contributed by atoms with Gasteiger partial charge in [-0.3, -0.25) is 4.40 Å². The van der Waals surface area contributed by atoms with Crippen LogP contribution < -0.4 is 0 Å². The second-order valence-corrected chi connectivity index (χ2v) is 11.6. The van der Waals surface area contributed by atoms with Gasteiger partial charge in [-0.15, -0.1) is 0 Å². The number of nitrogens with zero attached hydrogens (tertiary/aromatic N) is 2. The van der Waals surface area contributed by atoms with Crippen LogP contribution in [0.3, 0.4) is 0 Å². The summed E-state index contributed by atoms with van der Waals surface area (Å²) in [5.74, 6) is -0.866. The number of halogens is 3. The molecule has 0 aliphatic carbocycles. The highest BCUT2D eigenvalue weighted by Gasteiger charge is 2.39. The number of fused-ring (bicyclic) bond motifs is 1. The van der Waals surface area contributed by atoms with Crippen LogP contribution in [-0.4, -0.2) is 39.4 Å². The first kappa shape index (κ1) is 23.7. The van der Waals surface area contributed by atoms with Gasteiger partial charge in [0, 0.05) is 11.8 Å². The van der Waals surface area contributed by atoms with Crippen LogP contribution in [0, 0.1) is 6.92 Å². The Labute approximate surface area is 181 Å². The Kier molecular flexibility index (Phi) is 5.58. The molecule has 3 rings (SSSR count). The highest BCUT2D eigenvalue weighted by atomic mass is 32.2. The lowest BCUT2D eigenvalue weighted by Gasteiger charge is -2.20. The molecule has 2 heterocycles. The van der Waals surface area contributed by atoms with E-state index in [1.807, 2.05) is 0 Å². The molecule has 0 fully saturated rings. The lowest BCUT2D eigenvalue weighted by atomic mass is 10.1. The predicted octanol–water partition coefficient (Wildman–Crippen LogP) is 4.16. The number of thiazole rings is 1. The van der Waals surface area contributed by atoms with E-state index in [1.54, 1.807) is 31.4 Å². The van der Waals surface area contributed by atoms with Gasteiger partial charge >= 0.3 is 6.18 Å². The monoisotopic (exact) mass is 476 g/mol. The van der Waals surface area contributed by atoms with Gasteiger partial charge in [0.2, 0.25) is 0 Å². The fraction of sp³-hybridized carbons (Fsp3) is 0.450. The Morgan fingerprint density at radius 2 is 1.74 bits per heavy atom. The average Bonchev–Trinajstić information content (AvgIpc) is 3.07. The van der Waals surface area contributed by atoms with Gasteiger partial charge in [-0.2, -0.15) is 13.2 Å². The van der Waals surface area contributed by atoms with Crippen LogP contribution in [0.2, 0.25) is 0 Å². The molecule has 170 valence electrons. The molecule has 1 aromatic carbocycles. The Balaban J connectivity index is 2.27. The van der Waals surface area contributed by atoms with Crippen LogP contribution in [0.25, 0.3) is 16.2 Å². The van der Waals surface area contributed by atoms with E-state index < -0.39 is 43.4 Å². The largest absolute Gasteiger partial charge is 0.417 e. The summed E-state index contributed by atoms with van der Waals surface area (Å²) in [6.07, 6.45) is -3.25. The molecule has 0 atom stereocenters. The Morgan fingerprint density at radius 3 is 2.26 bits per heavy atom. The second-order valence-electron chi connectivity index (χ2n) is 8.63. The normalized spacial score (nSPS) is 13.9. The zero-order valence-electron chi connectivity index (χ0n) is 17.6. The van der Waals surface area contributed by atoms with Crippen LogP contribution in [-0.2, 0) is 21.6 Å². The number of aliphatic hydroxyl groups is 2. The van der Waals surface area contributed by atoms with Crippen molar-refractivity contribution in [2.24, 2.45) is 0 Å². The Bertz CT molecular complexity index is 1240. The standard InChI is InChI=1S/C20H23F3N2O4S2/c1-11-16(25-9-15(19(4,5)27)30-17(25)24-11)12-6-7-13(20(21,22)23)14(8-12)31(28,29)10-18(2,3)26/h6-9,26-27H,10H2,1-5H3. The maximum atomic E-state index is 13.6. The summed E-state index contributed by atoms with van der Waals surface area (Å²) in [7, 11) is -4.47. The minimum atomic E-state index is -4.89. The number of sulfone groups is 1. The van der Waals surface area contributed by atoms with Gasteiger partial charge in [0.15, 0.2) is 14.8 Å². The third-order valence-corrected chi connectivity index (χ3v) is 7.93. The molecular weight excluding hydrogens is 453 g/mol. The van der Waals surface area contributed by atoms with Crippen molar-refractivity contribution in [2.45, 2.75) is 56.9 Å². The van der Waals surface area contributed by atoms with E-state index in [0.29, 0.717) is 21.2 Å². The highest BCUT2D eigenvalue weighted by molar-refractivity contribution is 7.91. The number of hydrogen-bond donors (Lipinski definition) is 2. The summed E-state index contributed by atoms with van der Waals surface area (Å²) in [4.78, 5) is 4.62. The molecule has 0 aliphatic heterocycles. The first-order valence-corrected chi connectivity index (χ1v) is 11.8. The molecule has 0 saturated carbocycles. The summed E-state index contributed by atoms with van der Waals surface area (Å²) < 4.78 is 68.0. The summed E-state index contributed by atoms with van der Waals surface area (Å²) >= 11 is 1.23. The molecule has 0 radical (unpaired) electrons. The van der Waals surface area contributed by atoms with Crippen LogP contribution >= 0.6 is 11.3 Å². The summed E-state index contributed by atoms with van der Waals surface area (Å²) in [6, 6.07) is 2.90. The van der Waals surface area contributed by atoms with Crippen molar-refractivity contribution < 1.29 is 31.8 Å². The minimum Gasteiger partial charge on any atom is -0.389 e. The van der Waals surface area contributed by atoms with Crippen LogP contribution in [0.15, 0.2) is 29.3 Å². The molecule has 2 aromatic heterocycles. The van der Waals surface area contributed by atoms with Crippen LogP contribution in [0.5, 0.6) is 0 Å². The van der Waals surface area contributed by atoms with Crippen molar-refractivity contribution in [1.29, 1.82) is 0 Å². The predicted molar refractivity (Wildman–Crippen MR) is 112 cm³/mol. The van der Waals surface area contributed by atoms with Crippen molar-refractivity contribution in [2.75, 3.05) is 5.75 Å². The van der Waals surface area contributed by atoms with Crippen molar-refractivity contribution >= 4 is 26.1 Å². The first-order chi connectivity index (χ1) is 13.9. The van der Waals surface area contributed by atoms with E-state index >= 15 is 0 Å². The topological polar surface area (TPSA) is 91.9 Å². The molecule has 3 aromatic rings. The number of aromatic nitrogens is 2. The summed E-state index contributed by atoms with van der Waals surface area (Å²) in [5, 5.41) is 20.2. The van der Waals surface area contributed by atoms with Gasteiger partial charge < -0.3 is 10.2 Å². The van der Waals surface area contributed by atoms with Crippen molar-refractivity contribution in [3.8, 4) is 11.3 Å². The van der Waals surface area contributed by atoms with E-state index in [0.717, 1.165) is 12.1 Å². The average molecular weight is 477 g/mol. The second kappa shape index (κ2) is 7.29. The third kappa shape index (κ3) is 4.79. The van der Waals surface area contributed by atoms with Gasteiger partial charge in [0.1, 0.15) is 0 Å². The molecule has 0 spiro atoms. The van der Waals surface area contributed by atoms with Gasteiger partial charge in [-0.1, -0.05) is 17.4 Å². The van der Waals surface area contributed by atoms with Gasteiger partial charge in [0.25, 0.3) is 0 Å². The number of alkyl halides is 3. The van der Waals surface area contributed by atoms with E-state index in [9.17, 15) is 31.8 Å². The van der Waals surface area contributed by atoms with E-state index in [2.05, 4.69) is 4.98 Å². The van der Waals surface area contributed by atoms with Crippen LogP contribution in [0.1, 0.15) is 43.8 Å². The molecule has 11 heteroatoms. The number of imidazole rings is 1. The minimum absolute atomic E-state index is 0.229. The lowest BCUT2D eigenvalue weighted by molar-refractivity contribution is -0.139. The molecular formula is C20H23F3N2O4S2. The number of benzene rings is 1. The lowest BCUT2D eigenvalue weighted by Crippen LogP contribution is -2.31. The maximum Gasteiger partial charge on any atom is 0.417 e. The summed E-state index contributed by atoms with van der Waals surface area (Å²) in [6.45, 7) is 7.31. The first-order valence-electron chi connectivity index (χ1n) is 9.28. The zero-order chi connectivity index (χ0) is 23.6. The SMILES string of the molecule is Cc1nc2sc(C(C)(C)O)cn2c1-c1ccc(C(F)(F)F)c(S(=O)(=O)CC(C)(C)O)c1. The fourth-order valence-corrected chi connectivity index (χ4v) is 6.23. The molecule has 31 heavy (non-hydrogen) atoms. The van der Waals surface area contributed by atoms with Crippen LogP contribution in [0.4, 0.5) is 13.2 Å². The van der Waals surface area contributed by atoms with Crippen molar-refractivity contribution in [1.82, 2.24) is 9.38 Å².